The van der Waals surface area contributed by atoms with E-state index < -0.39 is 39.3 Å². The largest absolute Gasteiger partial charge is 0.488 e. The minimum absolute atomic E-state index is 0.0558. The van der Waals surface area contributed by atoms with E-state index in [4.69, 9.17) is 9.29 Å². The van der Waals surface area contributed by atoms with Crippen molar-refractivity contribution < 1.29 is 41.1 Å². The van der Waals surface area contributed by atoms with E-state index in [0.29, 0.717) is 25.2 Å². The first-order valence-electron chi connectivity index (χ1n) is 8.34. The first-order chi connectivity index (χ1) is 11.4. The van der Waals surface area contributed by atoms with Gasteiger partial charge in [-0.3, -0.25) is 9.29 Å². The molecule has 4 rings (SSSR count). The maximum Gasteiger partial charge on any atom is 0.488 e. The summed E-state index contributed by atoms with van der Waals surface area (Å²) in [5.74, 6) is -0.842. The fourth-order valence-corrected chi connectivity index (χ4v) is 5.50. The lowest BCUT2D eigenvalue weighted by Crippen LogP contribution is -2.64. The van der Waals surface area contributed by atoms with Crippen LogP contribution in [0.15, 0.2) is 0 Å². The van der Waals surface area contributed by atoms with Gasteiger partial charge in [0.25, 0.3) is 0 Å². The van der Waals surface area contributed by atoms with Gasteiger partial charge >= 0.3 is 21.5 Å². The third-order valence-corrected chi connectivity index (χ3v) is 6.77. The van der Waals surface area contributed by atoms with Gasteiger partial charge in [-0.15, -0.1) is 0 Å². The first kappa shape index (κ1) is 18.9. The summed E-state index contributed by atoms with van der Waals surface area (Å²) in [5, 5.41) is 10.6. The van der Waals surface area contributed by atoms with Crippen LogP contribution in [0.5, 0.6) is 0 Å². The highest BCUT2D eigenvalue weighted by Crippen LogP contribution is 2.62. The van der Waals surface area contributed by atoms with E-state index in [2.05, 4.69) is 4.74 Å². The summed E-state index contributed by atoms with van der Waals surface area (Å²) < 4.78 is 64.9. The molecule has 10 heteroatoms. The normalized spacial score (nSPS) is 40.3. The minimum atomic E-state index is -5.77. The Morgan fingerprint density at radius 3 is 2.24 bits per heavy atom. The maximum absolute atomic E-state index is 13.1. The number of carbonyl (C=O) groups is 1. The average Bonchev–Trinajstić information content (AvgIpc) is 2.46. The Balaban J connectivity index is 1.70. The van der Waals surface area contributed by atoms with Crippen molar-refractivity contribution in [1.82, 2.24) is 0 Å². The summed E-state index contributed by atoms with van der Waals surface area (Å²) in [5.41, 5.74) is -6.46. The molecule has 0 amide bonds. The zero-order valence-electron chi connectivity index (χ0n) is 13.8. The van der Waals surface area contributed by atoms with Crippen molar-refractivity contribution in [1.29, 1.82) is 0 Å². The number of ether oxygens (including phenoxy) is 2. The van der Waals surface area contributed by atoms with Crippen LogP contribution in [-0.2, 0) is 24.4 Å². The summed E-state index contributed by atoms with van der Waals surface area (Å²) in [7, 11) is -5.77. The van der Waals surface area contributed by atoms with Crippen molar-refractivity contribution in [2.24, 2.45) is 17.8 Å². The molecule has 0 aromatic rings. The number of hydrogen-bond acceptors (Lipinski definition) is 6. The van der Waals surface area contributed by atoms with Crippen molar-refractivity contribution >= 4 is 16.1 Å². The van der Waals surface area contributed by atoms with Crippen molar-refractivity contribution in [3.63, 3.8) is 0 Å². The van der Waals surface area contributed by atoms with Gasteiger partial charge < -0.3 is 9.84 Å². The molecule has 2 atom stereocenters. The highest BCUT2D eigenvalue weighted by atomic mass is 32.2. The lowest BCUT2D eigenvalue weighted by Gasteiger charge is -2.62. The molecule has 2 unspecified atom stereocenters. The van der Waals surface area contributed by atoms with E-state index in [9.17, 15) is 27.1 Å². The fraction of sp³-hybridized carbons (Fsp3) is 0.933. The second-order valence-corrected chi connectivity index (χ2v) is 9.00. The quantitative estimate of drug-likeness (QED) is 0.530. The third kappa shape index (κ3) is 3.17. The standard InChI is InChI=1S/C15H22F2O7S/c1-2-14(24-12(18)8-23-15(16,17)25(20,21)22)10-3-9-4-11(14)7-13(19,5-9)6-10/h9-11,19H,2-8H2,1H3,(H,20,21,22). The van der Waals surface area contributed by atoms with Gasteiger partial charge in [0, 0.05) is 11.8 Å². The molecule has 0 heterocycles. The third-order valence-electron chi connectivity index (χ3n) is 6.05. The summed E-state index contributed by atoms with van der Waals surface area (Å²) in [6, 6.07) is 0. The number of alkyl halides is 2. The van der Waals surface area contributed by atoms with Crippen LogP contribution in [0.1, 0.15) is 45.4 Å². The van der Waals surface area contributed by atoms with E-state index >= 15 is 0 Å². The van der Waals surface area contributed by atoms with Crippen LogP contribution in [-0.4, -0.2) is 47.3 Å². The van der Waals surface area contributed by atoms with Gasteiger partial charge in [0.2, 0.25) is 0 Å². The highest BCUT2D eigenvalue weighted by Gasteiger charge is 2.63. The molecule has 0 spiro atoms. The van der Waals surface area contributed by atoms with Gasteiger partial charge in [-0.05, 0) is 44.4 Å². The number of hydrogen-bond donors (Lipinski definition) is 2. The van der Waals surface area contributed by atoms with Crippen LogP contribution >= 0.6 is 0 Å². The number of carbonyl (C=O) groups excluding carboxylic acids is 1. The summed E-state index contributed by atoms with van der Waals surface area (Å²) >= 11 is 0. The van der Waals surface area contributed by atoms with E-state index in [0.717, 1.165) is 19.3 Å². The molecule has 4 aliphatic carbocycles. The number of aliphatic hydroxyl groups is 1. The molecule has 4 aliphatic rings. The smallest absolute Gasteiger partial charge is 0.457 e. The summed E-state index contributed by atoms with van der Waals surface area (Å²) in [4.78, 5) is 12.0. The highest BCUT2D eigenvalue weighted by molar-refractivity contribution is 7.86. The Morgan fingerprint density at radius 2 is 1.80 bits per heavy atom. The van der Waals surface area contributed by atoms with Gasteiger partial charge in [-0.25, -0.2) is 4.79 Å². The molecule has 0 aromatic heterocycles. The molecule has 144 valence electrons. The Labute approximate surface area is 144 Å². The zero-order chi connectivity index (χ0) is 18.7. The molecule has 4 fully saturated rings. The SMILES string of the molecule is CCC1(OC(=O)COC(F)(F)S(=O)(=O)O)C2CC3CC1CC(O)(C3)C2. The van der Waals surface area contributed by atoms with E-state index in [1.807, 2.05) is 6.92 Å². The average molecular weight is 384 g/mol. The van der Waals surface area contributed by atoms with Crippen LogP contribution in [0.2, 0.25) is 0 Å². The van der Waals surface area contributed by atoms with Gasteiger partial charge in [-0.2, -0.15) is 17.2 Å². The predicted octanol–water partition coefficient (Wildman–Crippen LogP) is 1.70. The van der Waals surface area contributed by atoms with Gasteiger partial charge in [-0.1, -0.05) is 6.92 Å². The number of esters is 1. The second-order valence-electron chi connectivity index (χ2n) is 7.58. The minimum Gasteiger partial charge on any atom is -0.457 e. The van der Waals surface area contributed by atoms with Crippen molar-refractivity contribution in [3.05, 3.63) is 0 Å². The Bertz CT molecular complexity index is 647. The monoisotopic (exact) mass is 384 g/mol. The van der Waals surface area contributed by atoms with Crippen LogP contribution in [0, 0.1) is 17.8 Å². The Hall–Kier alpha value is -0.840. The van der Waals surface area contributed by atoms with Crippen LogP contribution in [0.4, 0.5) is 8.78 Å². The lowest BCUT2D eigenvalue weighted by atomic mass is 9.47. The molecule has 25 heavy (non-hydrogen) atoms. The van der Waals surface area contributed by atoms with E-state index in [1.54, 1.807) is 0 Å². The molecule has 2 N–H and O–H groups in total. The molecule has 0 saturated heterocycles. The Kier molecular flexibility index (Phi) is 4.42. The molecule has 4 saturated carbocycles. The molecular weight excluding hydrogens is 362 g/mol. The van der Waals surface area contributed by atoms with E-state index in [1.165, 1.54) is 0 Å². The van der Waals surface area contributed by atoms with Crippen LogP contribution in [0.25, 0.3) is 0 Å². The lowest BCUT2D eigenvalue weighted by molar-refractivity contribution is -0.250. The van der Waals surface area contributed by atoms with E-state index in [-0.39, 0.29) is 11.8 Å². The van der Waals surface area contributed by atoms with Gasteiger partial charge in [0.15, 0.2) is 6.61 Å². The topological polar surface area (TPSA) is 110 Å². The molecule has 0 radical (unpaired) electrons. The summed E-state index contributed by atoms with van der Waals surface area (Å²) in [6.45, 7) is 0.551. The second kappa shape index (κ2) is 5.83. The maximum atomic E-state index is 13.1. The Morgan fingerprint density at radius 1 is 1.24 bits per heavy atom. The molecule has 7 nitrogen and oxygen atoms in total. The van der Waals surface area contributed by atoms with Crippen LogP contribution in [0.3, 0.4) is 0 Å². The van der Waals surface area contributed by atoms with Crippen molar-refractivity contribution in [2.45, 2.75) is 62.1 Å². The van der Waals surface area contributed by atoms with Crippen LogP contribution < -0.4 is 0 Å². The van der Waals surface area contributed by atoms with Gasteiger partial charge in [0.05, 0.1) is 5.60 Å². The fourth-order valence-electron chi connectivity index (χ4n) is 5.29. The van der Waals surface area contributed by atoms with Gasteiger partial charge in [0.1, 0.15) is 5.60 Å². The van der Waals surface area contributed by atoms with Crippen molar-refractivity contribution in [2.75, 3.05) is 6.61 Å². The molecular formula is C15H22F2O7S. The zero-order valence-corrected chi connectivity index (χ0v) is 14.6. The van der Waals surface area contributed by atoms with Crippen molar-refractivity contribution in [3.8, 4) is 0 Å². The summed E-state index contributed by atoms with van der Waals surface area (Å²) in [6.07, 6.45) is 3.85. The molecule has 4 bridgehead atoms. The first-order valence-corrected chi connectivity index (χ1v) is 9.78. The number of halogens is 2. The molecule has 0 aromatic carbocycles. The molecule has 0 aliphatic heterocycles. The predicted molar refractivity (Wildman–Crippen MR) is 80.1 cm³/mol. The number of rotatable bonds is 6.